The first kappa shape index (κ1) is 18.2. The number of piperidine rings is 1. The van der Waals surface area contributed by atoms with E-state index in [0.29, 0.717) is 17.0 Å². The second-order valence-corrected chi connectivity index (χ2v) is 6.35. The fraction of sp³-hybridized carbons (Fsp3) is 0.471. The minimum Gasteiger partial charge on any atom is -0.482 e. The molecule has 1 saturated heterocycles. The number of carbonyl (C=O) groups is 3. The summed E-state index contributed by atoms with van der Waals surface area (Å²) < 4.78 is 42.7. The zero-order chi connectivity index (χ0) is 19.1. The number of rotatable bonds is 2. The molecule has 0 aliphatic carbocycles. The number of hydrogen-bond donors (Lipinski definition) is 0. The maximum Gasteiger partial charge on any atom is 0.471 e. The highest BCUT2D eigenvalue weighted by Crippen LogP contribution is 2.33. The molecule has 0 atom stereocenters. The van der Waals surface area contributed by atoms with Crippen LogP contribution in [0.3, 0.4) is 0 Å². The highest BCUT2D eigenvalue weighted by atomic mass is 19.4. The van der Waals surface area contributed by atoms with Crippen LogP contribution in [0.15, 0.2) is 18.2 Å². The number of benzene rings is 1. The van der Waals surface area contributed by atoms with E-state index in [-0.39, 0.29) is 44.2 Å². The first-order valence-electron chi connectivity index (χ1n) is 8.12. The van der Waals surface area contributed by atoms with Crippen molar-refractivity contribution in [3.63, 3.8) is 0 Å². The van der Waals surface area contributed by atoms with Crippen molar-refractivity contribution >= 4 is 23.3 Å². The molecule has 2 amide bonds. The van der Waals surface area contributed by atoms with Gasteiger partial charge in [-0.1, -0.05) is 0 Å². The van der Waals surface area contributed by atoms with E-state index in [1.807, 2.05) is 0 Å². The third kappa shape index (κ3) is 3.38. The molecular weight excluding hydrogens is 353 g/mol. The van der Waals surface area contributed by atoms with Gasteiger partial charge in [0.2, 0.25) is 0 Å². The van der Waals surface area contributed by atoms with E-state index >= 15 is 0 Å². The maximum absolute atomic E-state index is 12.7. The molecule has 0 N–H and O–H groups in total. The number of hydrogen-bond acceptors (Lipinski definition) is 4. The van der Waals surface area contributed by atoms with Gasteiger partial charge in [0.15, 0.2) is 12.4 Å². The topological polar surface area (TPSA) is 66.9 Å². The van der Waals surface area contributed by atoms with Gasteiger partial charge in [0.25, 0.3) is 5.91 Å². The minimum absolute atomic E-state index is 0.0670. The lowest BCUT2D eigenvalue weighted by atomic mass is 9.88. The molecule has 26 heavy (non-hydrogen) atoms. The first-order chi connectivity index (χ1) is 12.2. The lowest BCUT2D eigenvalue weighted by molar-refractivity contribution is -0.186. The van der Waals surface area contributed by atoms with Crippen LogP contribution in [-0.2, 0) is 9.59 Å². The van der Waals surface area contributed by atoms with Crippen LogP contribution in [0, 0.1) is 5.92 Å². The van der Waals surface area contributed by atoms with Crippen LogP contribution in [0.1, 0.15) is 23.2 Å². The molecule has 0 unspecified atom stereocenters. The molecule has 0 bridgehead atoms. The number of halogens is 3. The summed E-state index contributed by atoms with van der Waals surface area (Å²) in [4.78, 5) is 37.8. The highest BCUT2D eigenvalue weighted by Gasteiger charge is 2.43. The molecule has 0 radical (unpaired) electrons. The normalized spacial score (nSPS) is 18.4. The quantitative estimate of drug-likeness (QED) is 0.747. The molecule has 140 valence electrons. The summed E-state index contributed by atoms with van der Waals surface area (Å²) in [6.07, 6.45) is -4.56. The number of anilines is 1. The van der Waals surface area contributed by atoms with E-state index in [0.717, 1.165) is 4.90 Å². The number of amides is 2. The average molecular weight is 370 g/mol. The Morgan fingerprint density at radius 3 is 2.46 bits per heavy atom. The second-order valence-electron chi connectivity index (χ2n) is 6.35. The van der Waals surface area contributed by atoms with E-state index in [1.165, 1.54) is 4.90 Å². The van der Waals surface area contributed by atoms with Gasteiger partial charge >= 0.3 is 12.1 Å². The fourth-order valence-electron chi connectivity index (χ4n) is 3.19. The van der Waals surface area contributed by atoms with Crippen molar-refractivity contribution < 1.29 is 32.3 Å². The van der Waals surface area contributed by atoms with Crippen molar-refractivity contribution in [3.8, 4) is 5.75 Å². The number of Topliss-reactive ketones (excluding diaryl/α,β-unsaturated/α-hetero) is 1. The molecule has 1 aromatic rings. The Morgan fingerprint density at radius 2 is 1.85 bits per heavy atom. The van der Waals surface area contributed by atoms with Crippen molar-refractivity contribution in [3.05, 3.63) is 23.8 Å². The number of alkyl halides is 3. The smallest absolute Gasteiger partial charge is 0.471 e. The lowest BCUT2D eigenvalue weighted by Gasteiger charge is -2.32. The van der Waals surface area contributed by atoms with Crippen molar-refractivity contribution in [2.24, 2.45) is 5.92 Å². The third-order valence-corrected chi connectivity index (χ3v) is 4.73. The van der Waals surface area contributed by atoms with E-state index in [4.69, 9.17) is 4.74 Å². The molecular formula is C17H17F3N2O4. The van der Waals surface area contributed by atoms with E-state index in [9.17, 15) is 27.6 Å². The Balaban J connectivity index is 1.70. The van der Waals surface area contributed by atoms with Gasteiger partial charge in [-0.3, -0.25) is 14.4 Å². The Bertz CT molecular complexity index is 755. The first-order valence-corrected chi connectivity index (χ1v) is 8.12. The molecule has 2 aliphatic rings. The maximum atomic E-state index is 12.7. The fourth-order valence-corrected chi connectivity index (χ4v) is 3.19. The summed E-state index contributed by atoms with van der Waals surface area (Å²) in [6, 6.07) is 4.74. The van der Waals surface area contributed by atoms with E-state index in [2.05, 4.69) is 0 Å². The SMILES string of the molecule is CN1C(=O)COc2ccc(C(=O)C3CCN(C(=O)C(F)(F)F)CC3)cc21. The number of carbonyl (C=O) groups excluding carboxylic acids is 3. The largest absolute Gasteiger partial charge is 0.482 e. The van der Waals surface area contributed by atoms with Crippen molar-refractivity contribution in [2.45, 2.75) is 19.0 Å². The molecule has 1 fully saturated rings. The van der Waals surface area contributed by atoms with Gasteiger partial charge < -0.3 is 14.5 Å². The number of likely N-dealkylation sites (N-methyl/N-ethyl adjacent to an activating group) is 1. The Hall–Kier alpha value is -2.58. The molecule has 0 aromatic heterocycles. The average Bonchev–Trinajstić information content (AvgIpc) is 2.63. The summed E-state index contributed by atoms with van der Waals surface area (Å²) >= 11 is 0. The highest BCUT2D eigenvalue weighted by molar-refractivity contribution is 6.02. The number of ether oxygens (including phenoxy) is 1. The summed E-state index contributed by atoms with van der Waals surface area (Å²) in [7, 11) is 1.58. The van der Waals surface area contributed by atoms with Crippen molar-refractivity contribution in [1.82, 2.24) is 4.90 Å². The monoisotopic (exact) mass is 370 g/mol. The van der Waals surface area contributed by atoms with Gasteiger partial charge in [-0.05, 0) is 31.0 Å². The second kappa shape index (κ2) is 6.62. The Kier molecular flexibility index (Phi) is 4.64. The number of likely N-dealkylation sites (tertiary alicyclic amines) is 1. The van der Waals surface area contributed by atoms with Crippen LogP contribution in [0.2, 0.25) is 0 Å². The zero-order valence-corrected chi connectivity index (χ0v) is 14.0. The molecule has 2 aliphatic heterocycles. The molecule has 6 nitrogen and oxygen atoms in total. The van der Waals surface area contributed by atoms with Crippen LogP contribution in [0.5, 0.6) is 5.75 Å². The van der Waals surface area contributed by atoms with E-state index in [1.54, 1.807) is 25.2 Å². The van der Waals surface area contributed by atoms with Crippen LogP contribution < -0.4 is 9.64 Å². The van der Waals surface area contributed by atoms with Gasteiger partial charge in [-0.2, -0.15) is 13.2 Å². The standard InChI is InChI=1S/C17H17F3N2O4/c1-21-12-8-11(2-3-13(12)26-9-14(21)23)15(24)10-4-6-22(7-5-10)16(25)17(18,19)20/h2-3,8,10H,4-7,9H2,1H3. The van der Waals surface area contributed by atoms with E-state index < -0.39 is 18.0 Å². The van der Waals surface area contributed by atoms with Crippen LogP contribution >= 0.6 is 0 Å². The van der Waals surface area contributed by atoms with Gasteiger partial charge in [0.1, 0.15) is 5.75 Å². The number of ketones is 1. The summed E-state index contributed by atoms with van der Waals surface area (Å²) in [5.74, 6) is -2.28. The molecule has 1 aromatic carbocycles. The lowest BCUT2D eigenvalue weighted by Crippen LogP contribution is -2.46. The summed E-state index contributed by atoms with van der Waals surface area (Å²) in [5.41, 5.74) is 0.853. The molecule has 2 heterocycles. The van der Waals surface area contributed by atoms with Crippen molar-refractivity contribution in [2.75, 3.05) is 31.6 Å². The third-order valence-electron chi connectivity index (χ3n) is 4.73. The number of nitrogens with zero attached hydrogens (tertiary/aromatic N) is 2. The van der Waals surface area contributed by atoms with Gasteiger partial charge in [0.05, 0.1) is 5.69 Å². The zero-order valence-electron chi connectivity index (χ0n) is 14.0. The predicted octanol–water partition coefficient (Wildman–Crippen LogP) is 2.03. The van der Waals surface area contributed by atoms with Crippen molar-refractivity contribution in [1.29, 1.82) is 0 Å². The predicted molar refractivity (Wildman–Crippen MR) is 85.0 cm³/mol. The molecule has 0 spiro atoms. The van der Waals surface area contributed by atoms with Crippen LogP contribution in [0.4, 0.5) is 18.9 Å². The Morgan fingerprint density at radius 1 is 1.19 bits per heavy atom. The number of fused-ring (bicyclic) bond motifs is 1. The summed E-state index contributed by atoms with van der Waals surface area (Å²) in [6.45, 7) is -0.287. The summed E-state index contributed by atoms with van der Waals surface area (Å²) in [5, 5.41) is 0. The van der Waals surface area contributed by atoms with Crippen LogP contribution in [0.25, 0.3) is 0 Å². The van der Waals surface area contributed by atoms with Crippen LogP contribution in [-0.4, -0.2) is 55.4 Å². The van der Waals surface area contributed by atoms with Gasteiger partial charge in [-0.15, -0.1) is 0 Å². The minimum atomic E-state index is -4.90. The Labute approximate surface area is 147 Å². The van der Waals surface area contributed by atoms with Gasteiger partial charge in [-0.25, -0.2) is 0 Å². The van der Waals surface area contributed by atoms with Gasteiger partial charge in [0, 0.05) is 31.6 Å². The molecule has 3 rings (SSSR count). The molecule has 9 heteroatoms. The molecule has 0 saturated carbocycles.